The number of benzene rings is 1. The molecule has 0 saturated carbocycles. The fourth-order valence-electron chi connectivity index (χ4n) is 3.97. The van der Waals surface area contributed by atoms with Gasteiger partial charge in [-0.15, -0.1) is 0 Å². The summed E-state index contributed by atoms with van der Waals surface area (Å²) in [4.78, 5) is 36.2. The minimum Gasteiger partial charge on any atom is -0.345 e. The molecule has 0 N–H and O–H groups in total. The quantitative estimate of drug-likeness (QED) is 0.594. The van der Waals surface area contributed by atoms with Crippen LogP contribution in [0.5, 0.6) is 0 Å². The van der Waals surface area contributed by atoms with Crippen molar-refractivity contribution in [3.63, 3.8) is 0 Å². The van der Waals surface area contributed by atoms with Crippen molar-refractivity contribution in [2.45, 2.75) is 25.4 Å². The van der Waals surface area contributed by atoms with Gasteiger partial charge in [0.2, 0.25) is 5.95 Å². The third kappa shape index (κ3) is 5.08. The van der Waals surface area contributed by atoms with Gasteiger partial charge in [-0.3, -0.25) is 19.7 Å². The zero-order chi connectivity index (χ0) is 22.5. The van der Waals surface area contributed by atoms with E-state index in [1.807, 2.05) is 36.5 Å². The van der Waals surface area contributed by atoms with Crippen molar-refractivity contribution in [2.24, 2.45) is 0 Å². The average Bonchev–Trinajstić information content (AvgIpc) is 2.85. The normalized spacial score (nSPS) is 14.6. The Labute approximate surface area is 189 Å². The van der Waals surface area contributed by atoms with Crippen molar-refractivity contribution in [1.29, 1.82) is 0 Å². The Hall–Kier alpha value is -3.39. The number of amides is 1. The predicted molar refractivity (Wildman–Crippen MR) is 124 cm³/mol. The van der Waals surface area contributed by atoms with Crippen molar-refractivity contribution >= 4 is 11.9 Å². The van der Waals surface area contributed by atoms with Crippen LogP contribution >= 0.6 is 0 Å². The number of hydrogen-bond donors (Lipinski definition) is 0. The summed E-state index contributed by atoms with van der Waals surface area (Å²) in [5, 5.41) is 0. The van der Waals surface area contributed by atoms with Crippen LogP contribution < -0.4 is 4.90 Å². The van der Waals surface area contributed by atoms with Crippen LogP contribution in [-0.2, 0) is 6.54 Å². The lowest BCUT2D eigenvalue weighted by atomic mass is 10.0. The highest BCUT2D eigenvalue weighted by Gasteiger charge is 2.24. The second-order valence-electron chi connectivity index (χ2n) is 8.35. The van der Waals surface area contributed by atoms with E-state index in [-0.39, 0.29) is 5.91 Å². The summed E-state index contributed by atoms with van der Waals surface area (Å²) in [7, 11) is 5.65. The molecular formula is C24H29N7O. The molecule has 8 heteroatoms. The summed E-state index contributed by atoms with van der Waals surface area (Å²) in [5.74, 6) is 0.803. The first-order chi connectivity index (χ1) is 15.5. The SMILES string of the molecule is CN(C)C(=O)c1ccc(-c2cnc(CN(C)C3CCN(c4ncccn4)CC3)cn2)cc1. The molecule has 8 nitrogen and oxygen atoms in total. The fraction of sp³-hybridized carbons (Fsp3) is 0.375. The number of hydrogen-bond acceptors (Lipinski definition) is 7. The van der Waals surface area contributed by atoms with Crippen LogP contribution in [0.25, 0.3) is 11.3 Å². The van der Waals surface area contributed by atoms with Crippen molar-refractivity contribution in [2.75, 3.05) is 39.1 Å². The fourth-order valence-corrected chi connectivity index (χ4v) is 3.97. The first-order valence-corrected chi connectivity index (χ1v) is 10.9. The first-order valence-electron chi connectivity index (χ1n) is 10.9. The van der Waals surface area contributed by atoms with Crippen LogP contribution in [0.3, 0.4) is 0 Å². The third-order valence-electron chi connectivity index (χ3n) is 5.87. The number of piperidine rings is 1. The van der Waals surface area contributed by atoms with E-state index in [4.69, 9.17) is 0 Å². The van der Waals surface area contributed by atoms with Gasteiger partial charge in [0.15, 0.2) is 0 Å². The van der Waals surface area contributed by atoms with Gasteiger partial charge >= 0.3 is 0 Å². The van der Waals surface area contributed by atoms with Gasteiger partial charge in [-0.25, -0.2) is 9.97 Å². The van der Waals surface area contributed by atoms with Crippen LogP contribution in [0.4, 0.5) is 5.95 Å². The lowest BCUT2D eigenvalue weighted by Crippen LogP contribution is -2.43. The monoisotopic (exact) mass is 431 g/mol. The lowest BCUT2D eigenvalue weighted by molar-refractivity contribution is 0.0827. The molecule has 3 heterocycles. The molecule has 166 valence electrons. The van der Waals surface area contributed by atoms with E-state index in [1.165, 1.54) is 0 Å². The molecule has 1 aliphatic heterocycles. The van der Waals surface area contributed by atoms with Crippen molar-refractivity contribution < 1.29 is 4.79 Å². The van der Waals surface area contributed by atoms with E-state index in [0.717, 1.165) is 55.4 Å². The number of aromatic nitrogens is 4. The molecule has 32 heavy (non-hydrogen) atoms. The molecule has 1 aliphatic rings. The minimum atomic E-state index is -0.0110. The highest BCUT2D eigenvalue weighted by atomic mass is 16.2. The van der Waals surface area contributed by atoms with Crippen molar-refractivity contribution in [3.05, 3.63) is 66.4 Å². The van der Waals surface area contributed by atoms with Crippen LogP contribution in [0, 0.1) is 0 Å². The molecular weight excluding hydrogens is 402 g/mol. The maximum Gasteiger partial charge on any atom is 0.253 e. The van der Waals surface area contributed by atoms with Gasteiger partial charge in [-0.2, -0.15) is 0 Å². The molecule has 0 unspecified atom stereocenters. The smallest absolute Gasteiger partial charge is 0.253 e. The predicted octanol–water partition coefficient (Wildman–Crippen LogP) is 2.74. The standard InChI is InChI=1S/C24H29N7O/c1-29(2)23(32)19-7-5-18(6-8-19)22-16-27-20(15-28-22)17-30(3)21-9-13-31(14-10-21)24-25-11-4-12-26-24/h4-8,11-12,15-16,21H,9-10,13-14,17H2,1-3H3. The van der Waals surface area contributed by atoms with E-state index < -0.39 is 0 Å². The van der Waals surface area contributed by atoms with E-state index in [1.54, 1.807) is 37.6 Å². The Balaban J connectivity index is 1.32. The minimum absolute atomic E-state index is 0.0110. The molecule has 0 aliphatic carbocycles. The summed E-state index contributed by atoms with van der Waals surface area (Å²) in [6.45, 7) is 2.67. The Morgan fingerprint density at radius 3 is 2.25 bits per heavy atom. The number of rotatable bonds is 6. The molecule has 0 bridgehead atoms. The number of nitrogens with zero attached hydrogens (tertiary/aromatic N) is 7. The van der Waals surface area contributed by atoms with E-state index in [9.17, 15) is 4.79 Å². The lowest BCUT2D eigenvalue weighted by Gasteiger charge is -2.36. The van der Waals surface area contributed by atoms with Crippen LogP contribution in [0.1, 0.15) is 28.9 Å². The molecule has 2 aromatic heterocycles. The van der Waals surface area contributed by atoms with Crippen LogP contribution in [-0.4, -0.2) is 75.9 Å². The zero-order valence-corrected chi connectivity index (χ0v) is 18.8. The summed E-state index contributed by atoms with van der Waals surface area (Å²) >= 11 is 0. The van der Waals surface area contributed by atoms with E-state index in [0.29, 0.717) is 11.6 Å². The Morgan fingerprint density at radius 2 is 1.66 bits per heavy atom. The first kappa shape index (κ1) is 21.8. The highest BCUT2D eigenvalue weighted by Crippen LogP contribution is 2.21. The molecule has 1 saturated heterocycles. The summed E-state index contributed by atoms with van der Waals surface area (Å²) < 4.78 is 0. The molecule has 3 aromatic rings. The number of carbonyl (C=O) groups is 1. The van der Waals surface area contributed by atoms with Crippen molar-refractivity contribution in [1.82, 2.24) is 29.7 Å². The van der Waals surface area contributed by atoms with Crippen LogP contribution in [0.2, 0.25) is 0 Å². The highest BCUT2D eigenvalue weighted by molar-refractivity contribution is 5.94. The third-order valence-corrected chi connectivity index (χ3v) is 5.87. The zero-order valence-electron chi connectivity index (χ0n) is 18.8. The summed E-state index contributed by atoms with van der Waals surface area (Å²) in [6, 6.07) is 9.82. The topological polar surface area (TPSA) is 78.4 Å². The second kappa shape index (κ2) is 9.82. The molecule has 0 spiro atoms. The Morgan fingerprint density at radius 1 is 0.969 bits per heavy atom. The molecule has 1 aromatic carbocycles. The van der Waals surface area contributed by atoms with Crippen LogP contribution in [0.15, 0.2) is 55.1 Å². The molecule has 0 atom stereocenters. The van der Waals surface area contributed by atoms with Gasteiger partial charge in [0.05, 0.1) is 23.8 Å². The van der Waals surface area contributed by atoms with E-state index in [2.05, 4.69) is 36.8 Å². The molecule has 1 amide bonds. The number of carbonyl (C=O) groups excluding carboxylic acids is 1. The second-order valence-corrected chi connectivity index (χ2v) is 8.35. The Kier molecular flexibility index (Phi) is 6.70. The molecule has 0 radical (unpaired) electrons. The van der Waals surface area contributed by atoms with Gasteiger partial charge in [-0.05, 0) is 38.1 Å². The summed E-state index contributed by atoms with van der Waals surface area (Å²) in [5.41, 5.74) is 3.36. The van der Waals surface area contributed by atoms with E-state index >= 15 is 0 Å². The van der Waals surface area contributed by atoms with Gasteiger partial charge in [0.25, 0.3) is 5.91 Å². The van der Waals surface area contributed by atoms with Gasteiger partial charge in [0.1, 0.15) is 0 Å². The molecule has 1 fully saturated rings. The van der Waals surface area contributed by atoms with Crippen molar-refractivity contribution in [3.8, 4) is 11.3 Å². The largest absolute Gasteiger partial charge is 0.345 e. The molecule has 4 rings (SSSR count). The van der Waals surface area contributed by atoms with Gasteiger partial charge < -0.3 is 9.80 Å². The number of anilines is 1. The average molecular weight is 432 g/mol. The van der Waals surface area contributed by atoms with Gasteiger partial charge in [0, 0.05) is 63.3 Å². The maximum atomic E-state index is 12.0. The van der Waals surface area contributed by atoms with Gasteiger partial charge in [-0.1, -0.05) is 12.1 Å². The Bertz CT molecular complexity index is 1010. The maximum absolute atomic E-state index is 12.0. The summed E-state index contributed by atoms with van der Waals surface area (Å²) in [6.07, 6.45) is 9.37.